The van der Waals surface area contributed by atoms with Crippen molar-refractivity contribution in [3.8, 4) is 5.75 Å². The zero-order valence-corrected chi connectivity index (χ0v) is 14.7. The summed E-state index contributed by atoms with van der Waals surface area (Å²) in [6.45, 7) is 3.99. The Labute approximate surface area is 151 Å². The van der Waals surface area contributed by atoms with E-state index in [2.05, 4.69) is 10.9 Å². The van der Waals surface area contributed by atoms with Crippen LogP contribution < -0.4 is 15.6 Å². The summed E-state index contributed by atoms with van der Waals surface area (Å²) in [5, 5.41) is 1.06. The molecule has 2 N–H and O–H groups in total. The summed E-state index contributed by atoms with van der Waals surface area (Å²) >= 11 is 0. The fourth-order valence-electron chi connectivity index (χ4n) is 2.63. The standard InChI is InChI=1S/C20H21N3O3/c1-14(2)26-17-9-7-16(8-10-17)20(25)22-21-19(24)13-23-12-11-15-5-3-4-6-18(15)23/h3-12,14H,13H2,1-2H3,(H,21,24)(H,22,25). The Morgan fingerprint density at radius 2 is 1.73 bits per heavy atom. The van der Waals surface area contributed by atoms with Crippen molar-refractivity contribution in [2.75, 3.05) is 0 Å². The Morgan fingerprint density at radius 1 is 1.00 bits per heavy atom. The topological polar surface area (TPSA) is 72.4 Å². The minimum absolute atomic E-state index is 0.0683. The van der Waals surface area contributed by atoms with E-state index < -0.39 is 0 Å². The Hall–Kier alpha value is -3.28. The van der Waals surface area contributed by atoms with Gasteiger partial charge >= 0.3 is 0 Å². The minimum atomic E-state index is -0.383. The molecule has 0 spiro atoms. The maximum absolute atomic E-state index is 12.1. The molecule has 0 atom stereocenters. The fourth-order valence-corrected chi connectivity index (χ4v) is 2.63. The zero-order chi connectivity index (χ0) is 18.5. The number of aromatic nitrogens is 1. The highest BCUT2D eigenvalue weighted by molar-refractivity contribution is 5.95. The number of hydrogen-bond acceptors (Lipinski definition) is 3. The third-order valence-corrected chi connectivity index (χ3v) is 3.80. The van der Waals surface area contributed by atoms with Gasteiger partial charge in [0.2, 0.25) is 0 Å². The minimum Gasteiger partial charge on any atom is -0.491 e. The molecule has 0 saturated heterocycles. The van der Waals surface area contributed by atoms with E-state index in [0.717, 1.165) is 10.9 Å². The largest absolute Gasteiger partial charge is 0.491 e. The summed E-state index contributed by atoms with van der Waals surface area (Å²) in [6, 6.07) is 16.5. The van der Waals surface area contributed by atoms with E-state index in [1.54, 1.807) is 24.3 Å². The SMILES string of the molecule is CC(C)Oc1ccc(C(=O)NNC(=O)Cn2ccc3ccccc32)cc1. The third kappa shape index (κ3) is 4.22. The number of ether oxygens (including phenoxy) is 1. The van der Waals surface area contributed by atoms with Gasteiger partial charge in [-0.1, -0.05) is 18.2 Å². The fraction of sp³-hybridized carbons (Fsp3) is 0.200. The van der Waals surface area contributed by atoms with E-state index >= 15 is 0 Å². The molecule has 0 unspecified atom stereocenters. The predicted octanol–water partition coefficient (Wildman–Crippen LogP) is 2.89. The van der Waals surface area contributed by atoms with Gasteiger partial charge in [0.15, 0.2) is 0 Å². The molecule has 0 radical (unpaired) electrons. The lowest BCUT2D eigenvalue weighted by Gasteiger charge is -2.11. The van der Waals surface area contributed by atoms with Crippen molar-refractivity contribution in [1.29, 1.82) is 0 Å². The predicted molar refractivity (Wildman–Crippen MR) is 99.8 cm³/mol. The van der Waals surface area contributed by atoms with Crippen molar-refractivity contribution in [2.24, 2.45) is 0 Å². The number of fused-ring (bicyclic) bond motifs is 1. The molecule has 6 heteroatoms. The lowest BCUT2D eigenvalue weighted by molar-refractivity contribution is -0.122. The van der Waals surface area contributed by atoms with Crippen LogP contribution in [0.5, 0.6) is 5.75 Å². The number of benzene rings is 2. The smallest absolute Gasteiger partial charge is 0.269 e. The second-order valence-corrected chi connectivity index (χ2v) is 6.20. The first kappa shape index (κ1) is 17.5. The molecular formula is C20H21N3O3. The summed E-state index contributed by atoms with van der Waals surface area (Å²) in [6.07, 6.45) is 1.92. The first-order chi connectivity index (χ1) is 12.5. The van der Waals surface area contributed by atoms with E-state index in [0.29, 0.717) is 11.3 Å². The van der Waals surface area contributed by atoms with Gasteiger partial charge < -0.3 is 9.30 Å². The summed E-state index contributed by atoms with van der Waals surface area (Å²) in [4.78, 5) is 24.2. The Balaban J connectivity index is 1.54. The number of para-hydroxylation sites is 1. The van der Waals surface area contributed by atoms with Gasteiger partial charge in [-0.2, -0.15) is 0 Å². The van der Waals surface area contributed by atoms with Gasteiger partial charge in [0, 0.05) is 17.3 Å². The highest BCUT2D eigenvalue weighted by Crippen LogP contribution is 2.15. The molecular weight excluding hydrogens is 330 g/mol. The van der Waals surface area contributed by atoms with Crippen molar-refractivity contribution in [2.45, 2.75) is 26.5 Å². The van der Waals surface area contributed by atoms with Crippen LogP contribution in [0.3, 0.4) is 0 Å². The molecule has 26 heavy (non-hydrogen) atoms. The second kappa shape index (κ2) is 7.74. The molecule has 0 bridgehead atoms. The van der Waals surface area contributed by atoms with Gasteiger partial charge in [-0.25, -0.2) is 0 Å². The number of carbonyl (C=O) groups excluding carboxylic acids is 2. The Morgan fingerprint density at radius 3 is 2.46 bits per heavy atom. The molecule has 0 aliphatic carbocycles. The Kier molecular flexibility index (Phi) is 5.22. The van der Waals surface area contributed by atoms with Gasteiger partial charge in [-0.05, 0) is 55.6 Å². The van der Waals surface area contributed by atoms with E-state index in [1.165, 1.54) is 0 Å². The summed E-state index contributed by atoms with van der Waals surface area (Å²) in [5.74, 6) is 0.00588. The number of rotatable bonds is 5. The average Bonchev–Trinajstić information content (AvgIpc) is 3.03. The van der Waals surface area contributed by atoms with Crippen LogP contribution in [0.1, 0.15) is 24.2 Å². The maximum Gasteiger partial charge on any atom is 0.269 e. The lowest BCUT2D eigenvalue weighted by Crippen LogP contribution is -2.43. The van der Waals surface area contributed by atoms with E-state index in [4.69, 9.17) is 4.74 Å². The monoisotopic (exact) mass is 351 g/mol. The molecule has 3 aromatic rings. The zero-order valence-electron chi connectivity index (χ0n) is 14.7. The second-order valence-electron chi connectivity index (χ2n) is 6.20. The van der Waals surface area contributed by atoms with Crippen molar-refractivity contribution >= 4 is 22.7 Å². The maximum atomic E-state index is 12.1. The van der Waals surface area contributed by atoms with Gasteiger partial charge in [-0.3, -0.25) is 20.4 Å². The van der Waals surface area contributed by atoms with Crippen LogP contribution in [0.4, 0.5) is 0 Å². The van der Waals surface area contributed by atoms with Crippen LogP contribution in [-0.4, -0.2) is 22.5 Å². The van der Waals surface area contributed by atoms with Gasteiger partial charge in [0.05, 0.1) is 6.10 Å². The lowest BCUT2D eigenvalue weighted by atomic mass is 10.2. The summed E-state index contributed by atoms with van der Waals surface area (Å²) in [5.41, 5.74) is 6.27. The van der Waals surface area contributed by atoms with Crippen molar-refractivity contribution in [3.05, 3.63) is 66.4 Å². The van der Waals surface area contributed by atoms with Crippen LogP contribution >= 0.6 is 0 Å². The molecule has 0 aliphatic rings. The third-order valence-electron chi connectivity index (χ3n) is 3.80. The Bertz CT molecular complexity index is 913. The van der Waals surface area contributed by atoms with Gasteiger partial charge in [0.1, 0.15) is 12.3 Å². The summed E-state index contributed by atoms with van der Waals surface area (Å²) in [7, 11) is 0. The van der Waals surface area contributed by atoms with Crippen molar-refractivity contribution < 1.29 is 14.3 Å². The number of nitrogens with one attached hydrogen (secondary N) is 2. The summed E-state index contributed by atoms with van der Waals surface area (Å²) < 4.78 is 7.37. The molecule has 0 saturated carbocycles. The molecule has 2 amide bonds. The quantitative estimate of drug-likeness (QED) is 0.694. The van der Waals surface area contributed by atoms with Crippen LogP contribution in [0, 0.1) is 0 Å². The van der Waals surface area contributed by atoms with Gasteiger partial charge in [0.25, 0.3) is 11.8 Å². The van der Waals surface area contributed by atoms with E-state index in [9.17, 15) is 9.59 Å². The molecule has 1 aromatic heterocycles. The first-order valence-electron chi connectivity index (χ1n) is 8.43. The van der Waals surface area contributed by atoms with Crippen LogP contribution in [0.25, 0.3) is 10.9 Å². The van der Waals surface area contributed by atoms with E-state index in [1.807, 2.05) is 54.9 Å². The van der Waals surface area contributed by atoms with Crippen molar-refractivity contribution in [1.82, 2.24) is 15.4 Å². The van der Waals surface area contributed by atoms with Crippen LogP contribution in [-0.2, 0) is 11.3 Å². The molecule has 1 heterocycles. The molecule has 2 aromatic carbocycles. The molecule has 0 aliphatic heterocycles. The molecule has 3 rings (SSSR count). The average molecular weight is 351 g/mol. The van der Waals surface area contributed by atoms with E-state index in [-0.39, 0.29) is 24.5 Å². The number of hydrazine groups is 1. The number of carbonyl (C=O) groups is 2. The highest BCUT2D eigenvalue weighted by Gasteiger charge is 2.09. The number of hydrogen-bond donors (Lipinski definition) is 2. The first-order valence-corrected chi connectivity index (χ1v) is 8.43. The highest BCUT2D eigenvalue weighted by atomic mass is 16.5. The molecule has 0 fully saturated rings. The van der Waals surface area contributed by atoms with Crippen molar-refractivity contribution in [3.63, 3.8) is 0 Å². The number of amides is 2. The van der Waals surface area contributed by atoms with Crippen LogP contribution in [0.2, 0.25) is 0 Å². The van der Waals surface area contributed by atoms with Crippen LogP contribution in [0.15, 0.2) is 60.8 Å². The number of nitrogens with zero attached hydrogens (tertiary/aromatic N) is 1. The molecule has 134 valence electrons. The van der Waals surface area contributed by atoms with Gasteiger partial charge in [-0.15, -0.1) is 0 Å². The molecule has 6 nitrogen and oxygen atoms in total. The normalized spacial score (nSPS) is 10.7.